The molecule has 1 unspecified atom stereocenters. The summed E-state index contributed by atoms with van der Waals surface area (Å²) in [5, 5.41) is 7.98. The Morgan fingerprint density at radius 3 is 2.67 bits per heavy atom. The number of hydrogen-bond donors (Lipinski definition) is 2. The number of rotatable bonds is 4. The van der Waals surface area contributed by atoms with Gasteiger partial charge in [-0.3, -0.25) is 5.84 Å². The third-order valence-corrected chi connectivity index (χ3v) is 4.10. The monoisotopic (exact) mass is 319 g/mol. The molecule has 102 valence electrons. The van der Waals surface area contributed by atoms with Crippen LogP contribution in [0.25, 0.3) is 0 Å². The molecule has 0 saturated carbocycles. The second-order valence-corrected chi connectivity index (χ2v) is 5.12. The Balaban J connectivity index is 2.37. The van der Waals surface area contributed by atoms with Gasteiger partial charge in [-0.15, -0.1) is 5.10 Å². The molecule has 0 spiro atoms. The number of aromatic nitrogens is 3. The second-order valence-electron chi connectivity index (χ2n) is 4.37. The van der Waals surface area contributed by atoms with Crippen molar-refractivity contribution in [3.63, 3.8) is 0 Å². The van der Waals surface area contributed by atoms with Gasteiger partial charge in [0.1, 0.15) is 0 Å². The van der Waals surface area contributed by atoms with Gasteiger partial charge in [0.25, 0.3) is 0 Å². The first-order chi connectivity index (χ1) is 8.64. The minimum Gasteiger partial charge on any atom is -0.381 e. The van der Waals surface area contributed by atoms with E-state index in [-0.39, 0.29) is 6.04 Å². The van der Waals surface area contributed by atoms with Gasteiger partial charge in [-0.1, -0.05) is 5.21 Å². The van der Waals surface area contributed by atoms with Crippen molar-refractivity contribution >= 4 is 15.9 Å². The number of nitrogens with two attached hydrogens (primary N) is 1. The molecule has 18 heavy (non-hydrogen) atoms. The van der Waals surface area contributed by atoms with Gasteiger partial charge in [-0.25, -0.2) is 10.1 Å². The van der Waals surface area contributed by atoms with Crippen molar-refractivity contribution in [2.75, 3.05) is 20.3 Å². The van der Waals surface area contributed by atoms with E-state index in [0.717, 1.165) is 18.5 Å². The summed E-state index contributed by atoms with van der Waals surface area (Å²) < 4.78 is 13.5. The number of ether oxygens (including phenoxy) is 2. The molecular formula is C10H18BrN5O2. The summed E-state index contributed by atoms with van der Waals surface area (Å²) in [6, 6.07) is -0.194. The lowest BCUT2D eigenvalue weighted by atomic mass is 9.84. The van der Waals surface area contributed by atoms with Gasteiger partial charge < -0.3 is 9.47 Å². The van der Waals surface area contributed by atoms with E-state index in [1.165, 1.54) is 0 Å². The Labute approximate surface area is 114 Å². The SMILES string of the molecule is COC1(C(NN)c2c(Br)nnn2C)CCOCC1. The van der Waals surface area contributed by atoms with Crippen molar-refractivity contribution in [1.29, 1.82) is 0 Å². The summed E-state index contributed by atoms with van der Waals surface area (Å²) in [7, 11) is 3.54. The first-order valence-electron chi connectivity index (χ1n) is 5.78. The number of methoxy groups -OCH3 is 1. The van der Waals surface area contributed by atoms with Crippen LogP contribution >= 0.6 is 15.9 Å². The fraction of sp³-hybridized carbons (Fsp3) is 0.800. The molecule has 7 nitrogen and oxygen atoms in total. The van der Waals surface area contributed by atoms with E-state index in [1.807, 2.05) is 7.05 Å². The van der Waals surface area contributed by atoms with Gasteiger partial charge in [-0.05, 0) is 15.9 Å². The Morgan fingerprint density at radius 2 is 2.22 bits per heavy atom. The lowest BCUT2D eigenvalue weighted by Gasteiger charge is -2.41. The predicted octanol–water partition coefficient (Wildman–Crippen LogP) is 0.278. The summed E-state index contributed by atoms with van der Waals surface area (Å²) in [6.45, 7) is 1.32. The van der Waals surface area contributed by atoms with Crippen LogP contribution in [0.4, 0.5) is 0 Å². The van der Waals surface area contributed by atoms with Crippen molar-refractivity contribution < 1.29 is 9.47 Å². The topological polar surface area (TPSA) is 87.2 Å². The summed E-state index contributed by atoms with van der Waals surface area (Å²) in [5.41, 5.74) is 3.31. The number of aryl methyl sites for hydroxylation is 1. The van der Waals surface area contributed by atoms with Crippen LogP contribution < -0.4 is 11.3 Å². The van der Waals surface area contributed by atoms with Crippen LogP contribution in [0.2, 0.25) is 0 Å². The number of hydrazine groups is 1. The van der Waals surface area contributed by atoms with Gasteiger partial charge in [0, 0.05) is 40.2 Å². The molecule has 2 rings (SSSR count). The summed E-state index contributed by atoms with van der Waals surface area (Å²) in [6.07, 6.45) is 1.55. The minimum absolute atomic E-state index is 0.194. The molecule has 1 atom stereocenters. The van der Waals surface area contributed by atoms with Crippen molar-refractivity contribution in [3.05, 3.63) is 10.3 Å². The normalized spacial score (nSPS) is 20.9. The first-order valence-corrected chi connectivity index (χ1v) is 6.58. The molecule has 1 aliphatic rings. The molecule has 0 bridgehead atoms. The van der Waals surface area contributed by atoms with E-state index in [1.54, 1.807) is 11.8 Å². The molecule has 0 aliphatic carbocycles. The fourth-order valence-electron chi connectivity index (χ4n) is 2.45. The zero-order chi connectivity index (χ0) is 13.2. The van der Waals surface area contributed by atoms with Crippen molar-refractivity contribution in [2.24, 2.45) is 12.9 Å². The molecule has 3 N–H and O–H groups in total. The molecule has 1 aromatic rings. The standard InChI is InChI=1S/C10H18BrN5O2/c1-16-7(9(11)14-15-16)8(13-12)10(17-2)3-5-18-6-4-10/h8,13H,3-6,12H2,1-2H3. The summed E-state index contributed by atoms with van der Waals surface area (Å²) >= 11 is 3.40. The fourth-order valence-corrected chi connectivity index (χ4v) is 3.01. The van der Waals surface area contributed by atoms with Crippen LogP contribution in [0, 0.1) is 0 Å². The first kappa shape index (κ1) is 13.9. The number of nitrogens with one attached hydrogen (secondary N) is 1. The van der Waals surface area contributed by atoms with E-state index in [0.29, 0.717) is 17.8 Å². The molecule has 1 aromatic heterocycles. The van der Waals surface area contributed by atoms with Crippen molar-refractivity contribution in [3.8, 4) is 0 Å². The third kappa shape index (κ3) is 2.30. The highest BCUT2D eigenvalue weighted by Crippen LogP contribution is 2.38. The number of nitrogens with zero attached hydrogens (tertiary/aromatic N) is 3. The molecule has 0 aromatic carbocycles. The lowest BCUT2D eigenvalue weighted by Crippen LogP contribution is -2.51. The minimum atomic E-state index is -0.398. The quantitative estimate of drug-likeness (QED) is 0.612. The highest BCUT2D eigenvalue weighted by molar-refractivity contribution is 9.10. The highest BCUT2D eigenvalue weighted by atomic mass is 79.9. The van der Waals surface area contributed by atoms with Gasteiger partial charge in [0.2, 0.25) is 0 Å². The van der Waals surface area contributed by atoms with Gasteiger partial charge in [0.15, 0.2) is 4.60 Å². The maximum atomic E-state index is 5.75. The van der Waals surface area contributed by atoms with Gasteiger partial charge >= 0.3 is 0 Å². The van der Waals surface area contributed by atoms with Crippen LogP contribution in [-0.2, 0) is 16.5 Å². The smallest absolute Gasteiger partial charge is 0.153 e. The molecule has 8 heteroatoms. The largest absolute Gasteiger partial charge is 0.381 e. The number of halogens is 1. The number of hydrogen-bond acceptors (Lipinski definition) is 6. The maximum absolute atomic E-state index is 5.75. The summed E-state index contributed by atoms with van der Waals surface area (Å²) in [4.78, 5) is 0. The maximum Gasteiger partial charge on any atom is 0.153 e. The molecule has 2 heterocycles. The van der Waals surface area contributed by atoms with Gasteiger partial charge in [-0.2, -0.15) is 0 Å². The van der Waals surface area contributed by atoms with Crippen molar-refractivity contribution in [1.82, 2.24) is 20.4 Å². The second kappa shape index (κ2) is 5.62. The Kier molecular flexibility index (Phi) is 4.33. The molecule has 1 fully saturated rings. The zero-order valence-electron chi connectivity index (χ0n) is 10.5. The van der Waals surface area contributed by atoms with Crippen LogP contribution in [0.3, 0.4) is 0 Å². The molecule has 0 radical (unpaired) electrons. The molecule has 1 saturated heterocycles. The highest BCUT2D eigenvalue weighted by Gasteiger charge is 2.43. The third-order valence-electron chi connectivity index (χ3n) is 3.54. The van der Waals surface area contributed by atoms with E-state index in [2.05, 4.69) is 31.7 Å². The van der Waals surface area contributed by atoms with Crippen LogP contribution in [0.1, 0.15) is 24.6 Å². The Morgan fingerprint density at radius 1 is 1.56 bits per heavy atom. The van der Waals surface area contributed by atoms with Crippen molar-refractivity contribution in [2.45, 2.75) is 24.5 Å². The van der Waals surface area contributed by atoms with E-state index < -0.39 is 5.60 Å². The molecular weight excluding hydrogens is 302 g/mol. The van der Waals surface area contributed by atoms with Gasteiger partial charge in [0.05, 0.1) is 17.3 Å². The molecule has 0 amide bonds. The zero-order valence-corrected chi connectivity index (χ0v) is 12.1. The Hall–Kier alpha value is -0.540. The lowest BCUT2D eigenvalue weighted by molar-refractivity contribution is -0.113. The van der Waals surface area contributed by atoms with E-state index in [9.17, 15) is 0 Å². The molecule has 1 aliphatic heterocycles. The van der Waals surface area contributed by atoms with E-state index in [4.69, 9.17) is 15.3 Å². The van der Waals surface area contributed by atoms with Crippen LogP contribution in [-0.4, -0.2) is 40.9 Å². The van der Waals surface area contributed by atoms with Crippen LogP contribution in [0.5, 0.6) is 0 Å². The Bertz CT molecular complexity index is 385. The predicted molar refractivity (Wildman–Crippen MR) is 68.6 cm³/mol. The average Bonchev–Trinajstić information content (AvgIpc) is 2.73. The van der Waals surface area contributed by atoms with Crippen LogP contribution in [0.15, 0.2) is 4.60 Å². The van der Waals surface area contributed by atoms with E-state index >= 15 is 0 Å². The average molecular weight is 320 g/mol. The summed E-state index contributed by atoms with van der Waals surface area (Å²) in [5.74, 6) is 5.73.